The van der Waals surface area contributed by atoms with Crippen LogP contribution in [0.4, 0.5) is 0 Å². The summed E-state index contributed by atoms with van der Waals surface area (Å²) >= 11 is 0. The molecule has 0 amide bonds. The van der Waals surface area contributed by atoms with Crippen LogP contribution in [-0.4, -0.2) is 6.04 Å². The van der Waals surface area contributed by atoms with E-state index < -0.39 is 0 Å². The molecule has 1 aromatic heterocycles. The number of furan rings is 1. The van der Waals surface area contributed by atoms with Gasteiger partial charge >= 0.3 is 0 Å². The third kappa shape index (κ3) is 1.75. The van der Waals surface area contributed by atoms with Gasteiger partial charge in [0.2, 0.25) is 0 Å². The van der Waals surface area contributed by atoms with Crippen molar-refractivity contribution in [2.24, 2.45) is 16.7 Å². The first-order valence-electron chi connectivity index (χ1n) is 8.21. The highest BCUT2D eigenvalue weighted by Crippen LogP contribution is 2.65. The van der Waals surface area contributed by atoms with E-state index in [9.17, 15) is 0 Å². The quantitative estimate of drug-likeness (QED) is 0.880. The van der Waals surface area contributed by atoms with E-state index in [1.807, 2.05) is 18.4 Å². The minimum atomic E-state index is 0.442. The Bertz CT molecular complexity index is 671. The van der Waals surface area contributed by atoms with Crippen LogP contribution in [0, 0.1) is 16.7 Å². The van der Waals surface area contributed by atoms with Crippen LogP contribution in [0.3, 0.4) is 0 Å². The third-order valence-corrected chi connectivity index (χ3v) is 6.89. The lowest BCUT2D eigenvalue weighted by molar-refractivity contribution is 0.120. The molecule has 2 bridgehead atoms. The van der Waals surface area contributed by atoms with E-state index in [2.05, 4.69) is 38.2 Å². The molecule has 112 valence electrons. The van der Waals surface area contributed by atoms with Crippen molar-refractivity contribution in [3.8, 4) is 0 Å². The van der Waals surface area contributed by atoms with Crippen LogP contribution in [0.1, 0.15) is 45.6 Å². The van der Waals surface area contributed by atoms with E-state index in [4.69, 9.17) is 4.42 Å². The molecule has 2 aliphatic carbocycles. The number of nitrogens with one attached hydrogen (secondary N) is 1. The molecule has 1 heterocycles. The molecule has 2 saturated carbocycles. The van der Waals surface area contributed by atoms with Crippen LogP contribution in [0.15, 0.2) is 34.9 Å². The van der Waals surface area contributed by atoms with Gasteiger partial charge in [-0.3, -0.25) is 0 Å². The monoisotopic (exact) mass is 283 g/mol. The van der Waals surface area contributed by atoms with E-state index in [1.165, 1.54) is 30.2 Å². The third-order valence-electron chi connectivity index (χ3n) is 6.89. The normalized spacial score (nSPS) is 33.9. The lowest BCUT2D eigenvalue weighted by atomic mass is 9.69. The van der Waals surface area contributed by atoms with Gasteiger partial charge in [-0.2, -0.15) is 0 Å². The molecule has 2 fully saturated rings. The second kappa shape index (κ2) is 4.36. The topological polar surface area (TPSA) is 25.2 Å². The highest BCUT2D eigenvalue weighted by atomic mass is 16.3. The summed E-state index contributed by atoms with van der Waals surface area (Å²) in [7, 11) is 0. The first-order chi connectivity index (χ1) is 10.0. The zero-order valence-electron chi connectivity index (χ0n) is 13.3. The molecule has 4 rings (SSSR count). The number of rotatable bonds is 3. The van der Waals surface area contributed by atoms with Crippen molar-refractivity contribution in [1.82, 2.24) is 5.32 Å². The molecule has 1 aromatic carbocycles. The number of fused-ring (bicyclic) bond motifs is 3. The largest absolute Gasteiger partial charge is 0.464 e. The van der Waals surface area contributed by atoms with Crippen LogP contribution >= 0.6 is 0 Å². The Morgan fingerprint density at radius 2 is 2.05 bits per heavy atom. The molecule has 1 N–H and O–H groups in total. The summed E-state index contributed by atoms with van der Waals surface area (Å²) in [5, 5.41) is 5.09. The predicted molar refractivity (Wildman–Crippen MR) is 86.1 cm³/mol. The summed E-state index contributed by atoms with van der Waals surface area (Å²) in [6, 6.07) is 8.95. The fourth-order valence-corrected chi connectivity index (χ4v) is 4.92. The van der Waals surface area contributed by atoms with Gasteiger partial charge in [0.15, 0.2) is 0 Å². The van der Waals surface area contributed by atoms with Crippen LogP contribution in [-0.2, 0) is 6.54 Å². The van der Waals surface area contributed by atoms with Crippen molar-refractivity contribution in [3.05, 3.63) is 36.1 Å². The summed E-state index contributed by atoms with van der Waals surface area (Å²) in [6.45, 7) is 8.35. The van der Waals surface area contributed by atoms with Crippen LogP contribution < -0.4 is 5.32 Å². The maximum atomic E-state index is 5.65. The fourth-order valence-electron chi connectivity index (χ4n) is 4.92. The summed E-state index contributed by atoms with van der Waals surface area (Å²) in [6.07, 6.45) is 6.03. The molecule has 3 unspecified atom stereocenters. The van der Waals surface area contributed by atoms with Gasteiger partial charge in [-0.25, -0.2) is 0 Å². The molecule has 21 heavy (non-hydrogen) atoms. The summed E-state index contributed by atoms with van der Waals surface area (Å²) < 4.78 is 5.65. The summed E-state index contributed by atoms with van der Waals surface area (Å²) in [5.74, 6) is 0.890. The van der Waals surface area contributed by atoms with Gasteiger partial charge in [0.05, 0.1) is 6.26 Å². The highest BCUT2D eigenvalue weighted by molar-refractivity contribution is 5.80. The van der Waals surface area contributed by atoms with Gasteiger partial charge in [0.25, 0.3) is 0 Å². The van der Waals surface area contributed by atoms with Gasteiger partial charge in [0.1, 0.15) is 5.58 Å². The second-order valence-corrected chi connectivity index (χ2v) is 7.80. The Labute approximate surface area is 126 Å². The Balaban J connectivity index is 1.53. The Morgan fingerprint density at radius 3 is 2.76 bits per heavy atom. The molecule has 0 aliphatic heterocycles. The van der Waals surface area contributed by atoms with Crippen molar-refractivity contribution < 1.29 is 4.42 Å². The SMILES string of the molecule is CC1(C)C2CCC1(C)C(NCc1coc3ccccc13)C2. The molecular weight excluding hydrogens is 258 g/mol. The minimum Gasteiger partial charge on any atom is -0.464 e. The molecule has 0 spiro atoms. The lowest BCUT2D eigenvalue weighted by Crippen LogP contribution is -2.44. The standard InChI is InChI=1S/C19H25NO/c1-18(2)14-8-9-19(18,3)17(10-14)20-11-13-12-21-16-7-5-4-6-15(13)16/h4-7,12,14,17,20H,8-11H2,1-3H3. The molecule has 2 heteroatoms. The van der Waals surface area contributed by atoms with Crippen LogP contribution in [0.5, 0.6) is 0 Å². The molecular formula is C19H25NO. The Morgan fingerprint density at radius 1 is 1.24 bits per heavy atom. The van der Waals surface area contributed by atoms with Crippen molar-refractivity contribution in [2.45, 2.75) is 52.6 Å². The van der Waals surface area contributed by atoms with Gasteiger partial charge in [0, 0.05) is 23.5 Å². The number of hydrogen-bond acceptors (Lipinski definition) is 2. The number of hydrogen-bond donors (Lipinski definition) is 1. The first kappa shape index (κ1) is 13.4. The smallest absolute Gasteiger partial charge is 0.134 e. The van der Waals surface area contributed by atoms with Crippen molar-refractivity contribution in [3.63, 3.8) is 0 Å². The Hall–Kier alpha value is -1.28. The van der Waals surface area contributed by atoms with Crippen molar-refractivity contribution in [2.75, 3.05) is 0 Å². The summed E-state index contributed by atoms with van der Waals surface area (Å²) in [4.78, 5) is 0. The van der Waals surface area contributed by atoms with E-state index in [0.29, 0.717) is 16.9 Å². The van der Waals surface area contributed by atoms with Gasteiger partial charge in [-0.05, 0) is 42.1 Å². The van der Waals surface area contributed by atoms with Gasteiger partial charge in [-0.15, -0.1) is 0 Å². The van der Waals surface area contributed by atoms with Gasteiger partial charge in [-0.1, -0.05) is 39.0 Å². The van der Waals surface area contributed by atoms with Crippen molar-refractivity contribution in [1.29, 1.82) is 0 Å². The highest BCUT2D eigenvalue weighted by Gasteiger charge is 2.60. The Kier molecular flexibility index (Phi) is 2.78. The van der Waals surface area contributed by atoms with E-state index in [0.717, 1.165) is 18.0 Å². The van der Waals surface area contributed by atoms with Crippen LogP contribution in [0.25, 0.3) is 11.0 Å². The fraction of sp³-hybridized carbons (Fsp3) is 0.579. The molecule has 2 nitrogen and oxygen atoms in total. The number of benzene rings is 1. The minimum absolute atomic E-state index is 0.442. The summed E-state index contributed by atoms with van der Waals surface area (Å²) in [5.41, 5.74) is 3.20. The molecule has 0 saturated heterocycles. The zero-order chi connectivity index (χ0) is 14.7. The first-order valence-corrected chi connectivity index (χ1v) is 8.21. The molecule has 3 atom stereocenters. The van der Waals surface area contributed by atoms with Crippen molar-refractivity contribution >= 4 is 11.0 Å². The maximum Gasteiger partial charge on any atom is 0.134 e. The van der Waals surface area contributed by atoms with E-state index in [1.54, 1.807) is 0 Å². The van der Waals surface area contributed by atoms with Crippen LogP contribution in [0.2, 0.25) is 0 Å². The average Bonchev–Trinajstić information content (AvgIpc) is 3.03. The molecule has 2 aromatic rings. The van der Waals surface area contributed by atoms with Gasteiger partial charge < -0.3 is 9.73 Å². The second-order valence-electron chi connectivity index (χ2n) is 7.80. The van der Waals surface area contributed by atoms with E-state index >= 15 is 0 Å². The predicted octanol–water partition coefficient (Wildman–Crippen LogP) is 4.74. The average molecular weight is 283 g/mol. The maximum absolute atomic E-state index is 5.65. The molecule has 0 radical (unpaired) electrons. The molecule has 2 aliphatic rings. The lowest BCUT2D eigenvalue weighted by Gasteiger charge is -2.39. The number of para-hydroxylation sites is 1. The van der Waals surface area contributed by atoms with E-state index in [-0.39, 0.29) is 0 Å². The zero-order valence-corrected chi connectivity index (χ0v) is 13.3.